The van der Waals surface area contributed by atoms with Gasteiger partial charge in [-0.05, 0) is 146 Å². The highest BCUT2D eigenvalue weighted by atomic mass is 16.6. The molecule has 0 saturated carbocycles. The SMILES string of the molecule is CCCCCCOc1cc(C(=O)Oc2ccc(-c3ccc(OC(=O)c4ccc(OCCCCCOc5ccc(-c6ccc(C#N)cc6)cc5)cc4)cc3)cc2)cc(OCCCCCC)c1OCCCCCC. The maximum Gasteiger partial charge on any atom is 0.343 e. The van der Waals surface area contributed by atoms with Crippen molar-refractivity contribution in [3.8, 4) is 68.6 Å². The van der Waals surface area contributed by atoms with Crippen LogP contribution in [0.2, 0.25) is 0 Å². The minimum Gasteiger partial charge on any atom is -0.494 e. The molecular formula is C62H71NO9. The molecular weight excluding hydrogens is 903 g/mol. The molecule has 10 nitrogen and oxygen atoms in total. The van der Waals surface area contributed by atoms with E-state index in [1.54, 1.807) is 60.7 Å². The molecule has 72 heavy (non-hydrogen) atoms. The van der Waals surface area contributed by atoms with Gasteiger partial charge in [-0.3, -0.25) is 0 Å². The first-order valence-corrected chi connectivity index (χ1v) is 26.0. The topological polar surface area (TPSA) is 123 Å². The second-order valence-electron chi connectivity index (χ2n) is 17.9. The predicted octanol–water partition coefficient (Wildman–Crippen LogP) is 15.8. The third-order valence-corrected chi connectivity index (χ3v) is 12.1. The summed E-state index contributed by atoms with van der Waals surface area (Å²) >= 11 is 0. The van der Waals surface area contributed by atoms with E-state index in [2.05, 4.69) is 26.8 Å². The van der Waals surface area contributed by atoms with E-state index in [1.807, 2.05) is 72.8 Å². The number of hydrogen-bond acceptors (Lipinski definition) is 10. The first-order chi connectivity index (χ1) is 35.4. The Balaban J connectivity index is 0.953. The Labute approximate surface area is 427 Å². The third-order valence-electron chi connectivity index (χ3n) is 12.1. The quantitative estimate of drug-likeness (QED) is 0.0229. The number of unbranched alkanes of at least 4 members (excludes halogenated alkanes) is 11. The highest BCUT2D eigenvalue weighted by Crippen LogP contribution is 2.40. The van der Waals surface area contributed by atoms with Gasteiger partial charge in [0.15, 0.2) is 11.5 Å². The van der Waals surface area contributed by atoms with Crippen LogP contribution >= 0.6 is 0 Å². The van der Waals surface area contributed by atoms with Crippen molar-refractivity contribution in [2.45, 2.75) is 117 Å². The third kappa shape index (κ3) is 17.9. The van der Waals surface area contributed by atoms with Crippen molar-refractivity contribution in [2.75, 3.05) is 33.0 Å². The maximum absolute atomic E-state index is 13.7. The second kappa shape index (κ2) is 30.5. The van der Waals surface area contributed by atoms with Gasteiger partial charge in [-0.2, -0.15) is 5.26 Å². The Morgan fingerprint density at radius 1 is 0.375 bits per heavy atom. The van der Waals surface area contributed by atoms with E-state index in [9.17, 15) is 9.59 Å². The first-order valence-electron chi connectivity index (χ1n) is 26.0. The number of esters is 2. The van der Waals surface area contributed by atoms with E-state index < -0.39 is 11.9 Å². The molecule has 0 bridgehead atoms. The van der Waals surface area contributed by atoms with Crippen LogP contribution in [0, 0.1) is 11.3 Å². The average Bonchev–Trinajstić information content (AvgIpc) is 3.41. The van der Waals surface area contributed by atoms with Crippen molar-refractivity contribution in [3.63, 3.8) is 0 Å². The summed E-state index contributed by atoms with van der Waals surface area (Å²) in [4.78, 5) is 26.7. The molecule has 0 heterocycles. The zero-order valence-corrected chi connectivity index (χ0v) is 42.5. The number of nitrogens with zero attached hydrogens (tertiary/aromatic N) is 1. The molecule has 0 aliphatic rings. The lowest BCUT2D eigenvalue weighted by molar-refractivity contribution is 0.0724. The van der Waals surface area contributed by atoms with Crippen molar-refractivity contribution in [1.29, 1.82) is 5.26 Å². The van der Waals surface area contributed by atoms with E-state index in [4.69, 9.17) is 38.4 Å². The first kappa shape index (κ1) is 54.1. The zero-order valence-electron chi connectivity index (χ0n) is 42.5. The lowest BCUT2D eigenvalue weighted by Gasteiger charge is -2.19. The van der Waals surface area contributed by atoms with E-state index in [0.717, 1.165) is 124 Å². The molecule has 0 aromatic heterocycles. The molecule has 0 fully saturated rings. The number of benzene rings is 6. The summed E-state index contributed by atoms with van der Waals surface area (Å²) in [7, 11) is 0. The highest BCUT2D eigenvalue weighted by molar-refractivity contribution is 5.93. The summed E-state index contributed by atoms with van der Waals surface area (Å²) in [6, 6.07) is 42.6. The predicted molar refractivity (Wildman–Crippen MR) is 285 cm³/mol. The van der Waals surface area contributed by atoms with Gasteiger partial charge in [0, 0.05) is 0 Å². The minimum absolute atomic E-state index is 0.324. The summed E-state index contributed by atoms with van der Waals surface area (Å²) in [5.74, 6) is 2.87. The smallest absolute Gasteiger partial charge is 0.343 e. The largest absolute Gasteiger partial charge is 0.494 e. The number of hydrogen-bond donors (Lipinski definition) is 0. The van der Waals surface area contributed by atoms with Gasteiger partial charge in [0.2, 0.25) is 5.75 Å². The van der Waals surface area contributed by atoms with Crippen molar-refractivity contribution >= 4 is 11.9 Å². The van der Waals surface area contributed by atoms with Gasteiger partial charge in [0.05, 0.1) is 55.8 Å². The molecule has 6 aromatic rings. The summed E-state index contributed by atoms with van der Waals surface area (Å²) < 4.78 is 42.4. The summed E-state index contributed by atoms with van der Waals surface area (Å²) in [5, 5.41) is 9.02. The van der Waals surface area contributed by atoms with Crippen LogP contribution in [0.15, 0.2) is 133 Å². The van der Waals surface area contributed by atoms with Crippen LogP contribution in [0.3, 0.4) is 0 Å². The van der Waals surface area contributed by atoms with Crippen molar-refractivity contribution in [3.05, 3.63) is 150 Å². The Morgan fingerprint density at radius 3 is 1.11 bits per heavy atom. The van der Waals surface area contributed by atoms with E-state index >= 15 is 0 Å². The van der Waals surface area contributed by atoms with Crippen LogP contribution in [-0.4, -0.2) is 45.0 Å². The van der Waals surface area contributed by atoms with Gasteiger partial charge in [0.25, 0.3) is 0 Å². The number of ether oxygens (including phenoxy) is 7. The molecule has 0 radical (unpaired) electrons. The molecule has 0 atom stereocenters. The van der Waals surface area contributed by atoms with Crippen LogP contribution in [0.25, 0.3) is 22.3 Å². The van der Waals surface area contributed by atoms with Crippen LogP contribution < -0.4 is 33.2 Å². The van der Waals surface area contributed by atoms with Crippen LogP contribution in [0.4, 0.5) is 0 Å². The lowest BCUT2D eigenvalue weighted by atomic mass is 10.0. The van der Waals surface area contributed by atoms with Gasteiger partial charge in [-0.25, -0.2) is 9.59 Å². The highest BCUT2D eigenvalue weighted by Gasteiger charge is 2.21. The lowest BCUT2D eigenvalue weighted by Crippen LogP contribution is -2.12. The molecule has 0 aliphatic carbocycles. The van der Waals surface area contributed by atoms with Gasteiger partial charge < -0.3 is 33.2 Å². The van der Waals surface area contributed by atoms with E-state index in [1.165, 1.54) is 0 Å². The molecule has 0 aliphatic heterocycles. The summed E-state index contributed by atoms with van der Waals surface area (Å²) in [6.45, 7) is 9.28. The van der Waals surface area contributed by atoms with Crippen LogP contribution in [0.1, 0.15) is 143 Å². The molecule has 10 heteroatoms. The minimum atomic E-state index is -0.521. The molecule has 0 saturated heterocycles. The van der Waals surface area contributed by atoms with Crippen molar-refractivity contribution in [2.24, 2.45) is 0 Å². The Hall–Kier alpha value is -7.25. The number of carbonyl (C=O) groups is 2. The standard InChI is InChI=1S/C62H71NO9/c1-4-7-10-14-41-68-58-44-53(45-59(69-42-15-11-8-5-2)60(58)70-43-16-12-9-6-3)62(65)72-57-37-27-51(28-38-57)50-25-35-56(36-26-50)71-61(64)52-29-33-55(34-30-52)67-40-18-13-17-39-66-54-31-23-49(24-32-54)48-21-19-47(46-63)20-22-48/h19-38,44-45H,4-18,39-43H2,1-3H3. The maximum atomic E-state index is 13.7. The normalized spacial score (nSPS) is 10.8. The average molecular weight is 974 g/mol. The number of rotatable bonds is 32. The van der Waals surface area contributed by atoms with Gasteiger partial charge >= 0.3 is 11.9 Å². The fraction of sp³-hybridized carbons (Fsp3) is 0.371. The number of carbonyl (C=O) groups excluding carboxylic acids is 2. The van der Waals surface area contributed by atoms with E-state index in [-0.39, 0.29) is 0 Å². The Bertz CT molecular complexity index is 2530. The summed E-state index contributed by atoms with van der Waals surface area (Å²) in [6.07, 6.45) is 15.5. The van der Waals surface area contributed by atoms with Gasteiger partial charge in [0.1, 0.15) is 23.0 Å². The van der Waals surface area contributed by atoms with Gasteiger partial charge in [-0.1, -0.05) is 127 Å². The fourth-order valence-corrected chi connectivity index (χ4v) is 7.87. The fourth-order valence-electron chi connectivity index (χ4n) is 7.87. The molecule has 0 spiro atoms. The summed E-state index contributed by atoms with van der Waals surface area (Å²) in [5.41, 5.74) is 5.31. The van der Waals surface area contributed by atoms with E-state index in [0.29, 0.717) is 84.2 Å². The molecule has 378 valence electrons. The van der Waals surface area contributed by atoms with Crippen LogP contribution in [-0.2, 0) is 0 Å². The molecule has 6 aromatic carbocycles. The Morgan fingerprint density at radius 2 is 0.708 bits per heavy atom. The number of nitriles is 1. The molecule has 0 unspecified atom stereocenters. The van der Waals surface area contributed by atoms with Crippen molar-refractivity contribution in [1.82, 2.24) is 0 Å². The van der Waals surface area contributed by atoms with Gasteiger partial charge in [-0.15, -0.1) is 0 Å². The Kier molecular flexibility index (Phi) is 22.9. The second-order valence-corrected chi connectivity index (χ2v) is 17.9. The van der Waals surface area contributed by atoms with Crippen LogP contribution in [0.5, 0.6) is 40.2 Å². The monoisotopic (exact) mass is 974 g/mol. The molecule has 6 rings (SSSR count). The van der Waals surface area contributed by atoms with Crippen molar-refractivity contribution < 1.29 is 42.7 Å². The molecule has 0 amide bonds. The molecule has 0 N–H and O–H groups in total. The zero-order chi connectivity index (χ0) is 50.6.